The number of amides is 2. The first kappa shape index (κ1) is 22.6. The molecular formula is C24H20ClN5O2S. The van der Waals surface area contributed by atoms with Gasteiger partial charge in [0, 0.05) is 22.7 Å². The largest absolute Gasteiger partial charge is 0.274 e. The summed E-state index contributed by atoms with van der Waals surface area (Å²) in [5.41, 5.74) is 7.24. The molecular weight excluding hydrogens is 458 g/mol. The van der Waals surface area contributed by atoms with E-state index in [1.807, 2.05) is 65.2 Å². The van der Waals surface area contributed by atoms with E-state index in [1.165, 1.54) is 11.8 Å². The van der Waals surface area contributed by atoms with Gasteiger partial charge in [-0.05, 0) is 42.0 Å². The molecule has 9 heteroatoms. The van der Waals surface area contributed by atoms with Gasteiger partial charge in [-0.25, -0.2) is 0 Å². The highest BCUT2D eigenvalue weighted by Gasteiger charge is 2.16. The maximum atomic E-state index is 12.3. The van der Waals surface area contributed by atoms with Crippen molar-refractivity contribution in [1.82, 2.24) is 25.6 Å². The lowest BCUT2D eigenvalue weighted by Gasteiger charge is -2.11. The maximum absolute atomic E-state index is 12.3. The van der Waals surface area contributed by atoms with E-state index in [4.69, 9.17) is 11.6 Å². The monoisotopic (exact) mass is 477 g/mol. The van der Waals surface area contributed by atoms with Crippen LogP contribution in [0.25, 0.3) is 5.69 Å². The molecule has 2 N–H and O–H groups in total. The quantitative estimate of drug-likeness (QED) is 0.309. The Hall–Kier alpha value is -3.62. The second-order valence-electron chi connectivity index (χ2n) is 7.03. The van der Waals surface area contributed by atoms with Crippen molar-refractivity contribution in [2.75, 3.05) is 5.75 Å². The lowest BCUT2D eigenvalue weighted by molar-refractivity contribution is -0.119. The fraction of sp³-hybridized carbons (Fsp3) is 0.0833. The third-order valence-electron chi connectivity index (χ3n) is 4.67. The lowest BCUT2D eigenvalue weighted by Crippen LogP contribution is -2.42. The van der Waals surface area contributed by atoms with E-state index in [0.29, 0.717) is 22.2 Å². The molecule has 0 bridgehead atoms. The summed E-state index contributed by atoms with van der Waals surface area (Å²) >= 11 is 7.07. The number of nitrogens with one attached hydrogen (secondary N) is 2. The Kier molecular flexibility index (Phi) is 7.39. The van der Waals surface area contributed by atoms with Crippen LogP contribution in [0.5, 0.6) is 0 Å². The van der Waals surface area contributed by atoms with Crippen molar-refractivity contribution in [3.8, 4) is 5.69 Å². The minimum absolute atomic E-state index is 0.0528. The Morgan fingerprint density at radius 1 is 0.848 bits per heavy atom. The normalized spacial score (nSPS) is 10.6. The molecule has 0 aliphatic carbocycles. The Morgan fingerprint density at radius 3 is 2.21 bits per heavy atom. The van der Waals surface area contributed by atoms with Crippen LogP contribution in [0.3, 0.4) is 0 Å². The maximum Gasteiger partial charge on any atom is 0.269 e. The van der Waals surface area contributed by atoms with Gasteiger partial charge in [0.25, 0.3) is 5.91 Å². The highest BCUT2D eigenvalue weighted by molar-refractivity contribution is 7.99. The number of halogens is 1. The Balaban J connectivity index is 1.42. The van der Waals surface area contributed by atoms with Gasteiger partial charge in [-0.15, -0.1) is 10.2 Å². The van der Waals surface area contributed by atoms with Gasteiger partial charge in [0.1, 0.15) is 5.82 Å². The molecule has 4 aromatic rings. The van der Waals surface area contributed by atoms with Crippen LogP contribution in [0.15, 0.2) is 90.1 Å². The Labute approximate surface area is 200 Å². The summed E-state index contributed by atoms with van der Waals surface area (Å²) in [5, 5.41) is 9.79. The van der Waals surface area contributed by atoms with E-state index in [0.717, 1.165) is 17.1 Å². The summed E-state index contributed by atoms with van der Waals surface area (Å²) in [7, 11) is 0. The fourth-order valence-corrected chi connectivity index (χ4v) is 3.99. The molecule has 0 saturated heterocycles. The molecule has 0 aliphatic heterocycles. The van der Waals surface area contributed by atoms with Gasteiger partial charge in [-0.3, -0.25) is 25.0 Å². The zero-order chi connectivity index (χ0) is 23.0. The molecule has 33 heavy (non-hydrogen) atoms. The summed E-state index contributed by atoms with van der Waals surface area (Å²) < 4.78 is 1.94. The Bertz CT molecular complexity index is 1230. The second-order valence-corrected chi connectivity index (χ2v) is 8.41. The van der Waals surface area contributed by atoms with Gasteiger partial charge in [0.15, 0.2) is 5.16 Å². The van der Waals surface area contributed by atoms with Crippen LogP contribution in [0.1, 0.15) is 21.7 Å². The van der Waals surface area contributed by atoms with E-state index in [-0.39, 0.29) is 11.7 Å². The minimum Gasteiger partial charge on any atom is -0.274 e. The fourth-order valence-electron chi connectivity index (χ4n) is 3.09. The molecule has 1 heterocycles. The first-order valence-corrected chi connectivity index (χ1v) is 11.5. The van der Waals surface area contributed by atoms with Gasteiger partial charge in [-0.2, -0.15) is 0 Å². The summed E-state index contributed by atoms with van der Waals surface area (Å²) in [5.74, 6) is 0.0282. The van der Waals surface area contributed by atoms with Crippen LogP contribution >= 0.6 is 23.4 Å². The third kappa shape index (κ3) is 6.00. The minimum atomic E-state index is -0.428. The van der Waals surface area contributed by atoms with E-state index < -0.39 is 5.91 Å². The third-order valence-corrected chi connectivity index (χ3v) is 5.85. The topological polar surface area (TPSA) is 88.9 Å². The number of carbonyl (C=O) groups excluding carboxylic acids is 2. The smallest absolute Gasteiger partial charge is 0.269 e. The molecule has 0 atom stereocenters. The molecule has 1 aromatic heterocycles. The lowest BCUT2D eigenvalue weighted by atomic mass is 10.1. The molecule has 0 fully saturated rings. The van der Waals surface area contributed by atoms with E-state index in [2.05, 4.69) is 21.0 Å². The van der Waals surface area contributed by atoms with Crippen molar-refractivity contribution < 1.29 is 9.59 Å². The predicted molar refractivity (Wildman–Crippen MR) is 128 cm³/mol. The van der Waals surface area contributed by atoms with E-state index in [1.54, 1.807) is 24.3 Å². The van der Waals surface area contributed by atoms with Crippen LogP contribution in [0, 0.1) is 0 Å². The van der Waals surface area contributed by atoms with Crippen molar-refractivity contribution >= 4 is 35.2 Å². The van der Waals surface area contributed by atoms with Crippen LogP contribution < -0.4 is 10.9 Å². The first-order valence-electron chi connectivity index (χ1n) is 10.1. The van der Waals surface area contributed by atoms with Crippen molar-refractivity contribution in [3.63, 3.8) is 0 Å². The number of thioether (sulfide) groups is 1. The molecule has 2 amide bonds. The zero-order valence-corrected chi connectivity index (χ0v) is 19.0. The van der Waals surface area contributed by atoms with Gasteiger partial charge in [-0.1, -0.05) is 71.9 Å². The molecule has 0 spiro atoms. The molecule has 0 aliphatic rings. The molecule has 3 aromatic carbocycles. The Morgan fingerprint density at radius 2 is 1.52 bits per heavy atom. The summed E-state index contributed by atoms with van der Waals surface area (Å²) in [6, 6.07) is 26.1. The average molecular weight is 478 g/mol. The van der Waals surface area contributed by atoms with Gasteiger partial charge in [0.2, 0.25) is 5.91 Å². The van der Waals surface area contributed by atoms with Crippen LogP contribution in [-0.4, -0.2) is 32.3 Å². The number of aromatic nitrogens is 3. The SMILES string of the molecule is O=C(CSc1nnc(Cc2ccccc2)n1-c1ccccc1)NNC(=O)c1ccc(Cl)cc1. The summed E-state index contributed by atoms with van der Waals surface area (Å²) in [6.45, 7) is 0. The van der Waals surface area contributed by atoms with Gasteiger partial charge < -0.3 is 0 Å². The zero-order valence-electron chi connectivity index (χ0n) is 17.4. The number of carbonyl (C=O) groups is 2. The highest BCUT2D eigenvalue weighted by Crippen LogP contribution is 2.23. The van der Waals surface area contributed by atoms with Crippen LogP contribution in [-0.2, 0) is 11.2 Å². The van der Waals surface area contributed by atoms with E-state index >= 15 is 0 Å². The number of para-hydroxylation sites is 1. The van der Waals surface area contributed by atoms with Crippen molar-refractivity contribution in [1.29, 1.82) is 0 Å². The molecule has 0 radical (unpaired) electrons. The highest BCUT2D eigenvalue weighted by atomic mass is 35.5. The number of rotatable bonds is 7. The second kappa shape index (κ2) is 10.8. The van der Waals surface area contributed by atoms with Crippen LogP contribution in [0.4, 0.5) is 0 Å². The van der Waals surface area contributed by atoms with Crippen molar-refractivity contribution in [3.05, 3.63) is 107 Å². The average Bonchev–Trinajstić information content (AvgIpc) is 3.25. The van der Waals surface area contributed by atoms with Gasteiger partial charge in [0.05, 0.1) is 5.75 Å². The molecule has 4 rings (SSSR count). The van der Waals surface area contributed by atoms with E-state index in [9.17, 15) is 9.59 Å². The van der Waals surface area contributed by atoms with Crippen molar-refractivity contribution in [2.45, 2.75) is 11.6 Å². The molecule has 0 unspecified atom stereocenters. The van der Waals surface area contributed by atoms with Crippen molar-refractivity contribution in [2.24, 2.45) is 0 Å². The standard InChI is InChI=1S/C24H20ClN5O2S/c25-19-13-11-18(12-14-19)23(32)28-27-22(31)16-33-24-29-26-21(15-17-7-3-1-4-8-17)30(24)20-9-5-2-6-10-20/h1-14H,15-16H2,(H,27,31)(H,28,32). The number of benzene rings is 3. The summed E-state index contributed by atoms with van der Waals surface area (Å²) in [6.07, 6.45) is 0.604. The summed E-state index contributed by atoms with van der Waals surface area (Å²) in [4.78, 5) is 24.5. The number of hydrogen-bond donors (Lipinski definition) is 2. The molecule has 0 saturated carbocycles. The number of nitrogens with zero attached hydrogens (tertiary/aromatic N) is 3. The van der Waals surface area contributed by atoms with Gasteiger partial charge >= 0.3 is 0 Å². The number of hydrogen-bond acceptors (Lipinski definition) is 5. The predicted octanol–water partition coefficient (Wildman–Crippen LogP) is 4.06. The number of hydrazine groups is 1. The van der Waals surface area contributed by atoms with Crippen LogP contribution in [0.2, 0.25) is 5.02 Å². The molecule has 7 nitrogen and oxygen atoms in total. The first-order chi connectivity index (χ1) is 16.1. The molecule has 166 valence electrons.